The third kappa shape index (κ3) is 4.55. The topological polar surface area (TPSA) is 79.4 Å². The molecule has 8 nitrogen and oxygen atoms in total. The van der Waals surface area contributed by atoms with Crippen LogP contribution in [0.2, 0.25) is 0 Å². The summed E-state index contributed by atoms with van der Waals surface area (Å²) in [5, 5.41) is 1.90. The average Bonchev–Trinajstić information content (AvgIpc) is 3.42. The van der Waals surface area contributed by atoms with Gasteiger partial charge in [0, 0.05) is 45.2 Å². The third-order valence-corrected chi connectivity index (χ3v) is 7.41. The number of likely N-dealkylation sites (tertiary alicyclic amines) is 1. The van der Waals surface area contributed by atoms with Crippen molar-refractivity contribution in [3.8, 4) is 11.5 Å². The van der Waals surface area contributed by atoms with E-state index < -0.39 is 6.10 Å². The van der Waals surface area contributed by atoms with Crippen LogP contribution in [0.5, 0.6) is 11.5 Å². The SMILES string of the molecule is O=C(c1cccs1)N1CCC(C(=O)N2CCN(C(=O)[C@@H]3COc4ccccc4O3)CC2)CC1. The lowest BCUT2D eigenvalue weighted by atomic mass is 9.94. The van der Waals surface area contributed by atoms with Gasteiger partial charge in [-0.25, -0.2) is 0 Å². The molecule has 0 aliphatic carbocycles. The summed E-state index contributed by atoms with van der Waals surface area (Å²) in [6.07, 6.45) is 0.705. The first-order valence-corrected chi connectivity index (χ1v) is 12.3. The summed E-state index contributed by atoms with van der Waals surface area (Å²) in [7, 11) is 0. The highest BCUT2D eigenvalue weighted by Gasteiger charge is 2.36. The Morgan fingerprint density at radius 2 is 1.45 bits per heavy atom. The molecule has 0 saturated carbocycles. The molecule has 5 rings (SSSR count). The Morgan fingerprint density at radius 3 is 2.12 bits per heavy atom. The molecule has 3 aliphatic heterocycles. The molecule has 0 radical (unpaired) electrons. The van der Waals surface area contributed by atoms with E-state index in [4.69, 9.17) is 9.47 Å². The fraction of sp³-hybridized carbons (Fsp3) is 0.458. The number of fused-ring (bicyclic) bond motifs is 1. The Bertz CT molecular complexity index is 1010. The lowest BCUT2D eigenvalue weighted by molar-refractivity contribution is -0.148. The molecular formula is C24H27N3O5S. The molecule has 3 amide bonds. The van der Waals surface area contributed by atoms with E-state index in [1.807, 2.05) is 45.5 Å². The Morgan fingerprint density at radius 1 is 0.788 bits per heavy atom. The van der Waals surface area contributed by atoms with E-state index in [1.165, 1.54) is 11.3 Å². The fourth-order valence-electron chi connectivity index (χ4n) is 4.64. The maximum Gasteiger partial charge on any atom is 0.267 e. The highest BCUT2D eigenvalue weighted by molar-refractivity contribution is 7.12. The molecule has 0 bridgehead atoms. The summed E-state index contributed by atoms with van der Waals surface area (Å²) in [5.41, 5.74) is 0. The predicted octanol–water partition coefficient (Wildman–Crippen LogP) is 2.11. The summed E-state index contributed by atoms with van der Waals surface area (Å²) < 4.78 is 11.5. The molecule has 0 N–H and O–H groups in total. The van der Waals surface area contributed by atoms with Gasteiger partial charge in [-0.05, 0) is 36.4 Å². The van der Waals surface area contributed by atoms with Gasteiger partial charge in [-0.15, -0.1) is 11.3 Å². The second kappa shape index (κ2) is 9.43. The van der Waals surface area contributed by atoms with Crippen LogP contribution in [0.1, 0.15) is 22.5 Å². The van der Waals surface area contributed by atoms with Crippen LogP contribution in [0.25, 0.3) is 0 Å². The number of nitrogens with zero attached hydrogens (tertiary/aromatic N) is 3. The molecule has 0 spiro atoms. The third-order valence-electron chi connectivity index (χ3n) is 6.55. The maximum atomic E-state index is 13.1. The van der Waals surface area contributed by atoms with Crippen molar-refractivity contribution in [2.45, 2.75) is 18.9 Å². The number of carbonyl (C=O) groups is 3. The number of piperazine rings is 1. The molecule has 9 heteroatoms. The van der Waals surface area contributed by atoms with Crippen LogP contribution < -0.4 is 9.47 Å². The van der Waals surface area contributed by atoms with Gasteiger partial charge in [-0.3, -0.25) is 14.4 Å². The Kier molecular flexibility index (Phi) is 6.22. The number of thiophene rings is 1. The lowest BCUT2D eigenvalue weighted by Crippen LogP contribution is -2.56. The number of para-hydroxylation sites is 2. The number of hydrogen-bond donors (Lipinski definition) is 0. The van der Waals surface area contributed by atoms with Gasteiger partial charge >= 0.3 is 0 Å². The number of piperidine rings is 1. The van der Waals surface area contributed by atoms with E-state index in [9.17, 15) is 14.4 Å². The van der Waals surface area contributed by atoms with Crippen LogP contribution in [-0.4, -0.2) is 84.4 Å². The van der Waals surface area contributed by atoms with Crippen molar-refractivity contribution < 1.29 is 23.9 Å². The van der Waals surface area contributed by atoms with Crippen molar-refractivity contribution >= 4 is 29.1 Å². The van der Waals surface area contributed by atoms with Gasteiger partial charge in [0.05, 0.1) is 4.88 Å². The van der Waals surface area contributed by atoms with Crippen molar-refractivity contribution in [2.24, 2.45) is 5.92 Å². The van der Waals surface area contributed by atoms with E-state index in [0.29, 0.717) is 63.6 Å². The van der Waals surface area contributed by atoms with Gasteiger partial charge < -0.3 is 24.2 Å². The number of carbonyl (C=O) groups excluding carboxylic acids is 3. The van der Waals surface area contributed by atoms with E-state index in [-0.39, 0.29) is 30.2 Å². The molecule has 0 unspecified atom stereocenters. The molecule has 174 valence electrons. The smallest absolute Gasteiger partial charge is 0.267 e. The van der Waals surface area contributed by atoms with Gasteiger partial charge in [0.15, 0.2) is 11.5 Å². The minimum absolute atomic E-state index is 0.0551. The summed E-state index contributed by atoms with van der Waals surface area (Å²) in [4.78, 5) is 44.7. The van der Waals surface area contributed by atoms with Crippen LogP contribution in [0.3, 0.4) is 0 Å². The zero-order chi connectivity index (χ0) is 22.8. The van der Waals surface area contributed by atoms with Crippen LogP contribution in [0.15, 0.2) is 41.8 Å². The quantitative estimate of drug-likeness (QED) is 0.688. The molecular weight excluding hydrogens is 442 g/mol. The van der Waals surface area contributed by atoms with Crippen molar-refractivity contribution in [3.05, 3.63) is 46.7 Å². The largest absolute Gasteiger partial charge is 0.485 e. The second-order valence-electron chi connectivity index (χ2n) is 8.56. The summed E-state index contributed by atoms with van der Waals surface area (Å²) in [6.45, 7) is 3.41. The maximum absolute atomic E-state index is 13.1. The number of hydrogen-bond acceptors (Lipinski definition) is 6. The van der Waals surface area contributed by atoms with Gasteiger partial charge in [-0.2, -0.15) is 0 Å². The van der Waals surface area contributed by atoms with E-state index in [0.717, 1.165) is 4.88 Å². The fourth-order valence-corrected chi connectivity index (χ4v) is 5.33. The predicted molar refractivity (Wildman–Crippen MR) is 122 cm³/mol. The molecule has 2 fully saturated rings. The van der Waals surface area contributed by atoms with Gasteiger partial charge in [0.1, 0.15) is 6.61 Å². The lowest BCUT2D eigenvalue weighted by Gasteiger charge is -2.39. The zero-order valence-electron chi connectivity index (χ0n) is 18.4. The van der Waals surface area contributed by atoms with Gasteiger partial charge in [0.2, 0.25) is 12.0 Å². The minimum atomic E-state index is -0.660. The highest BCUT2D eigenvalue weighted by atomic mass is 32.1. The first-order valence-electron chi connectivity index (χ1n) is 11.4. The van der Waals surface area contributed by atoms with E-state index in [1.54, 1.807) is 11.0 Å². The minimum Gasteiger partial charge on any atom is -0.485 e. The first kappa shape index (κ1) is 21.8. The van der Waals surface area contributed by atoms with Crippen molar-refractivity contribution in [1.29, 1.82) is 0 Å². The molecule has 1 aromatic carbocycles. The van der Waals surface area contributed by atoms with E-state index >= 15 is 0 Å². The van der Waals surface area contributed by atoms with Crippen molar-refractivity contribution in [1.82, 2.24) is 14.7 Å². The molecule has 1 aromatic heterocycles. The van der Waals surface area contributed by atoms with Crippen LogP contribution in [0, 0.1) is 5.92 Å². The number of rotatable bonds is 3. The second-order valence-corrected chi connectivity index (χ2v) is 9.51. The van der Waals surface area contributed by atoms with Crippen LogP contribution >= 0.6 is 11.3 Å². The summed E-state index contributed by atoms with van der Waals surface area (Å²) in [6, 6.07) is 11.1. The molecule has 2 aromatic rings. The Hall–Kier alpha value is -3.07. The number of amides is 3. The monoisotopic (exact) mass is 469 g/mol. The normalized spacial score (nSPS) is 21.1. The molecule has 33 heavy (non-hydrogen) atoms. The Labute approximate surface area is 196 Å². The van der Waals surface area contributed by atoms with Gasteiger partial charge in [-0.1, -0.05) is 18.2 Å². The molecule has 4 heterocycles. The molecule has 3 aliphatic rings. The number of ether oxygens (including phenoxy) is 2. The Balaban J connectivity index is 1.09. The van der Waals surface area contributed by atoms with Gasteiger partial charge in [0.25, 0.3) is 11.8 Å². The first-order chi connectivity index (χ1) is 16.1. The van der Waals surface area contributed by atoms with Crippen LogP contribution in [-0.2, 0) is 9.59 Å². The average molecular weight is 470 g/mol. The molecule has 2 saturated heterocycles. The van der Waals surface area contributed by atoms with E-state index in [2.05, 4.69) is 0 Å². The molecule has 1 atom stereocenters. The summed E-state index contributed by atoms with van der Waals surface area (Å²) in [5.74, 6) is 1.26. The summed E-state index contributed by atoms with van der Waals surface area (Å²) >= 11 is 1.45. The standard InChI is InChI=1S/C24H27N3O5S/c28-22(17-7-9-25(10-8-17)24(30)21-6-3-15-33-21)26-11-13-27(14-12-26)23(29)20-16-31-18-4-1-2-5-19(18)32-20/h1-6,15,17,20H,7-14,16H2/t20-/m0/s1. The van der Waals surface area contributed by atoms with Crippen molar-refractivity contribution in [2.75, 3.05) is 45.9 Å². The zero-order valence-corrected chi connectivity index (χ0v) is 19.2. The van der Waals surface area contributed by atoms with Crippen molar-refractivity contribution in [3.63, 3.8) is 0 Å². The highest BCUT2D eigenvalue weighted by Crippen LogP contribution is 2.31. The number of benzene rings is 1. The van der Waals surface area contributed by atoms with Crippen LogP contribution in [0.4, 0.5) is 0 Å².